The number of aromatic nitrogens is 6. The number of alkyl halides is 3. The molecule has 0 atom stereocenters. The van der Waals surface area contributed by atoms with Crippen LogP contribution in [0.1, 0.15) is 75.5 Å². The van der Waals surface area contributed by atoms with Gasteiger partial charge >= 0.3 is 12.1 Å². The second-order valence-electron chi connectivity index (χ2n) is 14.3. The van der Waals surface area contributed by atoms with Gasteiger partial charge in [-0.15, -0.1) is 0 Å². The molecule has 0 amide bonds. The highest BCUT2D eigenvalue weighted by atomic mass is 19.4. The minimum atomic E-state index is -4.53. The highest BCUT2D eigenvalue weighted by molar-refractivity contribution is 5.91. The molecule has 3 fully saturated rings. The van der Waals surface area contributed by atoms with E-state index in [1.54, 1.807) is 32.5 Å². The van der Waals surface area contributed by atoms with Crippen LogP contribution in [0.25, 0.3) is 33.9 Å². The summed E-state index contributed by atoms with van der Waals surface area (Å²) in [6.07, 6.45) is 7.41. The number of fused-ring (bicyclic) bond motifs is 1. The van der Waals surface area contributed by atoms with Crippen molar-refractivity contribution in [1.29, 1.82) is 0 Å². The van der Waals surface area contributed by atoms with Crippen molar-refractivity contribution >= 4 is 28.6 Å². The molecule has 1 aliphatic heterocycles. The second-order valence-corrected chi connectivity index (χ2v) is 14.3. The molecule has 0 aromatic carbocycles. The summed E-state index contributed by atoms with van der Waals surface area (Å²) >= 11 is 0. The number of H-pyrrole nitrogens is 1. The monoisotopic (exact) mass is 722 g/mol. The lowest BCUT2D eigenvalue weighted by molar-refractivity contribution is -0.151. The summed E-state index contributed by atoms with van der Waals surface area (Å²) < 4.78 is 58.0. The Labute approximate surface area is 300 Å². The van der Waals surface area contributed by atoms with E-state index in [0.29, 0.717) is 73.1 Å². The maximum absolute atomic E-state index is 13.9. The number of nitrogens with one attached hydrogen (secondary N) is 1. The van der Waals surface area contributed by atoms with Gasteiger partial charge in [0.1, 0.15) is 29.3 Å². The predicted molar refractivity (Wildman–Crippen MR) is 189 cm³/mol. The molecular formula is C37H45F3N8O4. The minimum absolute atomic E-state index is 0.0139. The average molecular weight is 723 g/mol. The first-order chi connectivity index (χ1) is 25.1. The Hall–Kier alpha value is -4.37. The van der Waals surface area contributed by atoms with Crippen LogP contribution in [0.5, 0.6) is 0 Å². The quantitative estimate of drug-likeness (QED) is 0.151. The van der Waals surface area contributed by atoms with E-state index in [4.69, 9.17) is 34.1 Å². The molecule has 12 nitrogen and oxygen atoms in total. The van der Waals surface area contributed by atoms with Crippen molar-refractivity contribution < 1.29 is 32.2 Å². The largest absolute Gasteiger partial charge is 0.464 e. The van der Waals surface area contributed by atoms with E-state index in [1.165, 1.54) is 6.20 Å². The normalized spacial score (nSPS) is 17.9. The number of carbonyl (C=O) groups is 1. The Morgan fingerprint density at radius 2 is 1.79 bits per heavy atom. The Kier molecular flexibility index (Phi) is 10.3. The van der Waals surface area contributed by atoms with E-state index in [0.717, 1.165) is 56.6 Å². The molecular weight excluding hydrogens is 677 g/mol. The molecule has 2 saturated carbocycles. The van der Waals surface area contributed by atoms with Crippen molar-refractivity contribution in [2.24, 2.45) is 5.41 Å². The average Bonchev–Trinajstić information content (AvgIpc) is 3.74. The first-order valence-electron chi connectivity index (χ1n) is 18.1. The first kappa shape index (κ1) is 36.0. The van der Waals surface area contributed by atoms with Crippen molar-refractivity contribution in [2.75, 3.05) is 63.4 Å². The Bertz CT molecular complexity index is 1870. The number of carbonyl (C=O) groups excluding carboxylic acids is 1. The molecule has 0 spiro atoms. The summed E-state index contributed by atoms with van der Waals surface area (Å²) in [5.74, 6) is 0.702. The predicted octanol–water partition coefficient (Wildman–Crippen LogP) is 6.56. The number of piperidine rings is 1. The van der Waals surface area contributed by atoms with Crippen LogP contribution in [0.2, 0.25) is 0 Å². The van der Waals surface area contributed by atoms with E-state index in [-0.39, 0.29) is 35.6 Å². The number of aromatic amines is 1. The zero-order valence-electron chi connectivity index (χ0n) is 29.8. The van der Waals surface area contributed by atoms with Crippen LogP contribution in [-0.4, -0.2) is 95.6 Å². The highest BCUT2D eigenvalue weighted by Gasteiger charge is 2.40. The van der Waals surface area contributed by atoms with Crippen molar-refractivity contribution in [1.82, 2.24) is 29.9 Å². The summed E-state index contributed by atoms with van der Waals surface area (Å²) in [6.45, 7) is 4.84. The molecule has 3 aliphatic rings. The molecule has 5 heterocycles. The van der Waals surface area contributed by atoms with Crippen LogP contribution in [0, 0.1) is 5.41 Å². The third-order valence-electron chi connectivity index (χ3n) is 10.4. The molecule has 2 aliphatic carbocycles. The molecule has 7 rings (SSSR count). The van der Waals surface area contributed by atoms with Gasteiger partial charge in [0, 0.05) is 51.0 Å². The smallest absolute Gasteiger partial charge is 0.433 e. The number of hydrogen-bond donors (Lipinski definition) is 1. The van der Waals surface area contributed by atoms with Crippen molar-refractivity contribution in [2.45, 2.75) is 76.5 Å². The molecule has 1 N–H and O–H groups in total. The Balaban J connectivity index is 1.17. The minimum Gasteiger partial charge on any atom is -0.464 e. The SMILES string of the molecule is CCOC(=O)COC1CCN(c2cnc(-c3nc4nc(-c5cnc(C(F)(F)F)c(C6CC6)c5)cc(N(C)CC5(COC)CCCC5)c4[nH]3)cn2)CC1. The maximum Gasteiger partial charge on any atom is 0.433 e. The highest BCUT2D eigenvalue weighted by Crippen LogP contribution is 2.46. The summed E-state index contributed by atoms with van der Waals surface area (Å²) in [5, 5.41) is 0. The van der Waals surface area contributed by atoms with Gasteiger partial charge in [0.15, 0.2) is 11.5 Å². The number of ether oxygens (including phenoxy) is 3. The van der Waals surface area contributed by atoms with Crippen molar-refractivity contribution in [3.63, 3.8) is 0 Å². The topological polar surface area (TPSA) is 131 Å². The zero-order valence-corrected chi connectivity index (χ0v) is 29.8. The second kappa shape index (κ2) is 14.9. The van der Waals surface area contributed by atoms with Gasteiger partial charge in [0.25, 0.3) is 0 Å². The molecule has 4 aromatic heterocycles. The van der Waals surface area contributed by atoms with Crippen molar-refractivity contribution in [3.05, 3.63) is 42.0 Å². The molecule has 0 radical (unpaired) electrons. The number of anilines is 2. The third kappa shape index (κ3) is 7.85. The standard InChI is InChI=1S/C37H45F3N8O4/c1-4-51-31(49)20-52-25-9-13-48(14-10-25)30-19-41-28(18-42-30)34-45-32-29(47(2)21-36(22-50-3)11-5-6-12-36)16-27(44-35(32)46-34)24-15-26(23-7-8-23)33(43-17-24)37(38,39)40/h15-19,23,25H,4-14,20-22H2,1-3H3,(H,44,45,46). The van der Waals surface area contributed by atoms with E-state index < -0.39 is 11.9 Å². The van der Waals surface area contributed by atoms with Crippen molar-refractivity contribution in [3.8, 4) is 22.8 Å². The number of imidazole rings is 1. The Morgan fingerprint density at radius 3 is 2.44 bits per heavy atom. The third-order valence-corrected chi connectivity index (χ3v) is 10.4. The van der Waals surface area contributed by atoms with Gasteiger partial charge < -0.3 is 29.0 Å². The van der Waals surface area contributed by atoms with Crippen LogP contribution in [0.3, 0.4) is 0 Å². The molecule has 0 bridgehead atoms. The van der Waals surface area contributed by atoms with E-state index in [1.807, 2.05) is 13.1 Å². The van der Waals surface area contributed by atoms with E-state index in [2.05, 4.69) is 19.8 Å². The lowest BCUT2D eigenvalue weighted by Crippen LogP contribution is -2.38. The van der Waals surface area contributed by atoms with Crippen LogP contribution in [0.4, 0.5) is 24.7 Å². The van der Waals surface area contributed by atoms with Gasteiger partial charge in [-0.3, -0.25) is 4.98 Å². The molecule has 4 aromatic rings. The number of hydrogen-bond acceptors (Lipinski definition) is 11. The van der Waals surface area contributed by atoms with Gasteiger partial charge in [-0.1, -0.05) is 12.8 Å². The molecule has 0 unspecified atom stereocenters. The van der Waals surface area contributed by atoms with Gasteiger partial charge in [-0.25, -0.2) is 24.7 Å². The van der Waals surface area contributed by atoms with E-state index >= 15 is 0 Å². The fraction of sp³-hybridized carbons (Fsp3) is 0.568. The fourth-order valence-corrected chi connectivity index (χ4v) is 7.72. The van der Waals surface area contributed by atoms with Gasteiger partial charge in [-0.05, 0) is 69.1 Å². The fourth-order valence-electron chi connectivity index (χ4n) is 7.72. The number of esters is 1. The zero-order chi connectivity index (χ0) is 36.5. The molecule has 1 saturated heterocycles. The lowest BCUT2D eigenvalue weighted by atomic mass is 9.86. The summed E-state index contributed by atoms with van der Waals surface area (Å²) in [6, 6.07) is 3.51. The summed E-state index contributed by atoms with van der Waals surface area (Å²) in [7, 11) is 3.76. The van der Waals surface area contributed by atoms with Crippen LogP contribution in [0.15, 0.2) is 30.7 Å². The number of pyridine rings is 2. The Morgan fingerprint density at radius 1 is 1.02 bits per heavy atom. The van der Waals surface area contributed by atoms with Gasteiger partial charge in [-0.2, -0.15) is 13.2 Å². The van der Waals surface area contributed by atoms with Crippen LogP contribution < -0.4 is 9.80 Å². The summed E-state index contributed by atoms with van der Waals surface area (Å²) in [5.41, 5.74) is 2.88. The van der Waals surface area contributed by atoms with E-state index in [9.17, 15) is 18.0 Å². The number of nitrogens with zero attached hydrogens (tertiary/aromatic N) is 7. The number of rotatable bonds is 13. The van der Waals surface area contributed by atoms with Gasteiger partial charge in [0.2, 0.25) is 0 Å². The lowest BCUT2D eigenvalue weighted by Gasteiger charge is -2.34. The van der Waals surface area contributed by atoms with Crippen LogP contribution in [-0.2, 0) is 25.2 Å². The van der Waals surface area contributed by atoms with Gasteiger partial charge in [0.05, 0.1) is 43.1 Å². The maximum atomic E-state index is 13.9. The number of methoxy groups -OCH3 is 1. The molecule has 15 heteroatoms. The number of halogens is 3. The molecule has 278 valence electrons. The molecule has 52 heavy (non-hydrogen) atoms. The first-order valence-corrected chi connectivity index (χ1v) is 18.1. The summed E-state index contributed by atoms with van der Waals surface area (Å²) in [4.78, 5) is 42.4. The van der Waals surface area contributed by atoms with Crippen LogP contribution >= 0.6 is 0 Å².